The van der Waals surface area contributed by atoms with Gasteiger partial charge < -0.3 is 5.32 Å². The van der Waals surface area contributed by atoms with Crippen molar-refractivity contribution in [3.63, 3.8) is 0 Å². The van der Waals surface area contributed by atoms with Crippen LogP contribution in [0.2, 0.25) is 0 Å². The van der Waals surface area contributed by atoms with E-state index in [4.69, 9.17) is 0 Å². The van der Waals surface area contributed by atoms with Crippen molar-refractivity contribution in [1.82, 2.24) is 10.2 Å². The molecule has 2 aliphatic heterocycles. The Bertz CT molecular complexity index is 165. The first kappa shape index (κ1) is 8.20. The minimum Gasteiger partial charge on any atom is -0.315 e. The fourth-order valence-corrected chi connectivity index (χ4v) is 2.09. The van der Waals surface area contributed by atoms with Crippen LogP contribution in [0.1, 0.15) is 19.3 Å². The van der Waals surface area contributed by atoms with Crippen LogP contribution >= 0.6 is 0 Å². The Hall–Kier alpha value is -0.410. The Morgan fingerprint density at radius 1 is 1.33 bits per heavy atom. The van der Waals surface area contributed by atoms with Gasteiger partial charge in [0.25, 0.3) is 0 Å². The van der Waals surface area contributed by atoms with E-state index in [1.165, 1.54) is 6.42 Å². The van der Waals surface area contributed by atoms with Gasteiger partial charge in [0.2, 0.25) is 0 Å². The highest BCUT2D eigenvalue weighted by Gasteiger charge is 2.25. The van der Waals surface area contributed by atoms with Gasteiger partial charge in [-0.05, 0) is 13.0 Å². The minimum atomic E-state index is 0.442. The number of hydrogen-bond donors (Lipinski definition) is 1. The molecule has 2 fully saturated rings. The lowest BCUT2D eigenvalue weighted by Gasteiger charge is -2.30. The van der Waals surface area contributed by atoms with Gasteiger partial charge in [0.15, 0.2) is 0 Å². The zero-order valence-electron chi connectivity index (χ0n) is 7.38. The normalized spacial score (nSPS) is 32.7. The van der Waals surface area contributed by atoms with E-state index in [1.807, 2.05) is 0 Å². The van der Waals surface area contributed by atoms with Gasteiger partial charge in [-0.2, -0.15) is 0 Å². The second-order valence-electron chi connectivity index (χ2n) is 3.72. The van der Waals surface area contributed by atoms with Gasteiger partial charge in [0, 0.05) is 38.5 Å². The maximum Gasteiger partial charge on any atom is 0.135 e. The van der Waals surface area contributed by atoms with E-state index in [9.17, 15) is 4.79 Å². The van der Waals surface area contributed by atoms with Gasteiger partial charge in [-0.1, -0.05) is 0 Å². The first-order chi connectivity index (χ1) is 5.86. The van der Waals surface area contributed by atoms with E-state index < -0.39 is 0 Å². The molecule has 0 aromatic carbocycles. The second kappa shape index (κ2) is 3.54. The van der Waals surface area contributed by atoms with Crippen LogP contribution in [-0.4, -0.2) is 42.9 Å². The molecule has 0 radical (unpaired) electrons. The molecule has 3 nitrogen and oxygen atoms in total. The quantitative estimate of drug-likeness (QED) is 0.599. The highest BCUT2D eigenvalue weighted by atomic mass is 16.1. The molecule has 2 rings (SSSR count). The molecule has 3 heteroatoms. The van der Waals surface area contributed by atoms with E-state index in [0.717, 1.165) is 39.0 Å². The zero-order valence-corrected chi connectivity index (χ0v) is 7.38. The first-order valence-corrected chi connectivity index (χ1v) is 4.83. The molecule has 0 unspecified atom stereocenters. The highest BCUT2D eigenvalue weighted by Crippen LogP contribution is 2.13. The summed E-state index contributed by atoms with van der Waals surface area (Å²) in [5, 5.41) is 3.35. The van der Waals surface area contributed by atoms with Crippen molar-refractivity contribution in [3.05, 3.63) is 0 Å². The molecule has 2 saturated heterocycles. The second-order valence-corrected chi connectivity index (χ2v) is 3.72. The lowest BCUT2D eigenvalue weighted by molar-refractivity contribution is -0.121. The van der Waals surface area contributed by atoms with E-state index in [1.54, 1.807) is 0 Å². The van der Waals surface area contributed by atoms with E-state index in [2.05, 4.69) is 10.2 Å². The molecule has 0 bridgehead atoms. The predicted octanol–water partition coefficient (Wildman–Crippen LogP) is 0.0132. The van der Waals surface area contributed by atoms with Crippen molar-refractivity contribution in [3.8, 4) is 0 Å². The molecule has 0 aromatic heterocycles. The van der Waals surface area contributed by atoms with Crippen LogP contribution in [-0.2, 0) is 4.79 Å². The molecule has 1 N–H and O–H groups in total. The van der Waals surface area contributed by atoms with Crippen LogP contribution in [0.5, 0.6) is 0 Å². The average Bonchev–Trinajstić information content (AvgIpc) is 2.58. The number of hydrogen-bond acceptors (Lipinski definition) is 3. The molecule has 0 saturated carbocycles. The van der Waals surface area contributed by atoms with Gasteiger partial charge in [0.05, 0.1) is 0 Å². The summed E-state index contributed by atoms with van der Waals surface area (Å²) in [6.07, 6.45) is 2.81. The molecular weight excluding hydrogens is 152 g/mol. The summed E-state index contributed by atoms with van der Waals surface area (Å²) in [7, 11) is 0. The lowest BCUT2D eigenvalue weighted by Crippen LogP contribution is -2.42. The SMILES string of the molecule is O=C1CCN([C@H]2CCNC2)CC1. The van der Waals surface area contributed by atoms with Gasteiger partial charge in [-0.25, -0.2) is 0 Å². The number of piperidine rings is 1. The third kappa shape index (κ3) is 1.67. The van der Waals surface area contributed by atoms with Crippen LogP contribution in [0.3, 0.4) is 0 Å². The maximum atomic E-state index is 11.0. The van der Waals surface area contributed by atoms with E-state index in [0.29, 0.717) is 11.8 Å². The summed E-state index contributed by atoms with van der Waals surface area (Å²) in [4.78, 5) is 13.4. The standard InChI is InChI=1S/C9H16N2O/c12-9-2-5-11(6-3-9)8-1-4-10-7-8/h8,10H,1-7H2/t8-/m0/s1. The Balaban J connectivity index is 1.84. The number of carbonyl (C=O) groups is 1. The third-order valence-electron chi connectivity index (χ3n) is 2.91. The molecule has 2 heterocycles. The summed E-state index contributed by atoms with van der Waals surface area (Å²) < 4.78 is 0. The first-order valence-electron chi connectivity index (χ1n) is 4.83. The van der Waals surface area contributed by atoms with Crippen molar-refractivity contribution in [2.45, 2.75) is 25.3 Å². The summed E-state index contributed by atoms with van der Waals surface area (Å²) in [5.41, 5.74) is 0. The Morgan fingerprint density at radius 2 is 2.08 bits per heavy atom. The van der Waals surface area contributed by atoms with Gasteiger partial charge in [-0.3, -0.25) is 9.69 Å². The smallest absolute Gasteiger partial charge is 0.135 e. The third-order valence-corrected chi connectivity index (χ3v) is 2.91. The molecule has 68 valence electrons. The molecule has 0 amide bonds. The zero-order chi connectivity index (χ0) is 8.39. The Labute approximate surface area is 73.1 Å². The summed E-state index contributed by atoms with van der Waals surface area (Å²) in [5.74, 6) is 0.442. The number of ketones is 1. The van der Waals surface area contributed by atoms with Crippen LogP contribution in [0.25, 0.3) is 0 Å². The lowest BCUT2D eigenvalue weighted by atomic mass is 10.1. The Morgan fingerprint density at radius 3 is 2.67 bits per heavy atom. The summed E-state index contributed by atoms with van der Waals surface area (Å²) in [6, 6.07) is 0.707. The van der Waals surface area contributed by atoms with Crippen molar-refractivity contribution >= 4 is 5.78 Å². The Kier molecular flexibility index (Phi) is 2.42. The van der Waals surface area contributed by atoms with Crippen LogP contribution in [0.15, 0.2) is 0 Å². The highest BCUT2D eigenvalue weighted by molar-refractivity contribution is 5.79. The molecule has 2 aliphatic rings. The van der Waals surface area contributed by atoms with Crippen LogP contribution in [0, 0.1) is 0 Å². The summed E-state index contributed by atoms with van der Waals surface area (Å²) >= 11 is 0. The molecule has 12 heavy (non-hydrogen) atoms. The molecule has 0 aliphatic carbocycles. The maximum absolute atomic E-state index is 11.0. The molecule has 1 atom stereocenters. The van der Waals surface area contributed by atoms with Gasteiger partial charge in [0.1, 0.15) is 5.78 Å². The number of rotatable bonds is 1. The minimum absolute atomic E-state index is 0.442. The van der Waals surface area contributed by atoms with Crippen molar-refractivity contribution in [1.29, 1.82) is 0 Å². The predicted molar refractivity (Wildman–Crippen MR) is 47.1 cm³/mol. The van der Waals surface area contributed by atoms with Crippen molar-refractivity contribution < 1.29 is 4.79 Å². The van der Waals surface area contributed by atoms with Gasteiger partial charge >= 0.3 is 0 Å². The molecular formula is C9H16N2O. The molecule has 0 spiro atoms. The number of nitrogens with zero attached hydrogens (tertiary/aromatic N) is 1. The van der Waals surface area contributed by atoms with E-state index >= 15 is 0 Å². The number of Topliss-reactive ketones (excluding diaryl/α,β-unsaturated/α-hetero) is 1. The largest absolute Gasteiger partial charge is 0.315 e. The fraction of sp³-hybridized carbons (Fsp3) is 0.889. The van der Waals surface area contributed by atoms with Crippen LogP contribution in [0.4, 0.5) is 0 Å². The number of carbonyl (C=O) groups excluding carboxylic acids is 1. The number of likely N-dealkylation sites (tertiary alicyclic amines) is 1. The van der Waals surface area contributed by atoms with Crippen molar-refractivity contribution in [2.75, 3.05) is 26.2 Å². The topological polar surface area (TPSA) is 32.3 Å². The summed E-state index contributed by atoms with van der Waals surface area (Å²) in [6.45, 7) is 4.25. The monoisotopic (exact) mass is 168 g/mol. The average molecular weight is 168 g/mol. The van der Waals surface area contributed by atoms with Crippen molar-refractivity contribution in [2.24, 2.45) is 0 Å². The van der Waals surface area contributed by atoms with E-state index in [-0.39, 0.29) is 0 Å². The van der Waals surface area contributed by atoms with Crippen LogP contribution < -0.4 is 5.32 Å². The molecule has 0 aromatic rings. The fourth-order valence-electron chi connectivity index (χ4n) is 2.09. The number of nitrogens with one attached hydrogen (secondary N) is 1. The van der Waals surface area contributed by atoms with Gasteiger partial charge in [-0.15, -0.1) is 0 Å².